The second kappa shape index (κ2) is 5.55. The third-order valence-corrected chi connectivity index (χ3v) is 2.05. The van der Waals surface area contributed by atoms with Gasteiger partial charge in [0.1, 0.15) is 0 Å². The van der Waals surface area contributed by atoms with Gasteiger partial charge in [0, 0.05) is 19.4 Å². The Morgan fingerprint density at radius 1 is 1.46 bits per heavy atom. The van der Waals surface area contributed by atoms with E-state index in [-0.39, 0.29) is 64.3 Å². The number of aromatic nitrogens is 2. The molecule has 1 aliphatic rings. The first-order chi connectivity index (χ1) is 5.86. The maximum absolute atomic E-state index is 9.22. The molecule has 1 fully saturated rings. The van der Waals surface area contributed by atoms with E-state index in [0.717, 1.165) is 25.9 Å². The van der Waals surface area contributed by atoms with Crippen LogP contribution < -0.4 is 63.1 Å². The Morgan fingerprint density at radius 3 is 2.69 bits per heavy atom. The van der Waals surface area contributed by atoms with Crippen LogP contribution in [0, 0.1) is 6.33 Å². The molecular weight excluding hydrogens is 244 g/mol. The van der Waals surface area contributed by atoms with Gasteiger partial charge in [0.2, 0.25) is 0 Å². The van der Waals surface area contributed by atoms with Crippen LogP contribution in [-0.4, -0.2) is 34.4 Å². The van der Waals surface area contributed by atoms with Crippen LogP contribution in [0.25, 0.3) is 0 Å². The summed E-state index contributed by atoms with van der Waals surface area (Å²) in [6.07, 6.45) is 3.73. The van der Waals surface area contributed by atoms with Crippen LogP contribution in [-0.2, 0) is 0 Å². The summed E-state index contributed by atoms with van der Waals surface area (Å²) < 4.78 is 4.84. The van der Waals surface area contributed by atoms with Crippen LogP contribution in [0.15, 0.2) is 4.52 Å². The van der Waals surface area contributed by atoms with Gasteiger partial charge in [-0.2, -0.15) is 5.16 Å². The topological polar surface area (TPSA) is 62.4 Å². The van der Waals surface area contributed by atoms with E-state index in [1.54, 1.807) is 0 Å². The Hall–Kier alpha value is 0.705. The van der Waals surface area contributed by atoms with Crippen LogP contribution in [0.4, 0.5) is 6.01 Å². The van der Waals surface area contributed by atoms with Crippen LogP contribution in [0.1, 0.15) is 12.8 Å². The van der Waals surface area contributed by atoms with E-state index in [0.29, 0.717) is 6.01 Å². The summed E-state index contributed by atoms with van der Waals surface area (Å²) in [4.78, 5) is 5.76. The number of aliphatic hydroxyl groups is 1. The van der Waals surface area contributed by atoms with Crippen LogP contribution in [0.2, 0.25) is 0 Å². The molecule has 0 atom stereocenters. The Morgan fingerprint density at radius 2 is 2.15 bits per heavy atom. The monoisotopic (exact) mass is 253 g/mol. The minimum Gasteiger partial charge on any atom is -0.427 e. The maximum Gasteiger partial charge on any atom is 1.00 e. The quantitative estimate of drug-likeness (QED) is 0.535. The fourth-order valence-electron chi connectivity index (χ4n) is 1.33. The van der Waals surface area contributed by atoms with Crippen molar-refractivity contribution in [3.05, 3.63) is 6.33 Å². The zero-order valence-electron chi connectivity index (χ0n) is 7.60. The summed E-state index contributed by atoms with van der Waals surface area (Å²) in [6.45, 7) is 1.55. The third-order valence-electron chi connectivity index (χ3n) is 2.05. The molecule has 6 heteroatoms. The molecule has 0 aliphatic carbocycles. The molecule has 0 amide bonds. The van der Waals surface area contributed by atoms with E-state index in [1.165, 1.54) is 0 Å². The zero-order valence-corrected chi connectivity index (χ0v) is 12.5. The van der Waals surface area contributed by atoms with E-state index in [1.807, 2.05) is 4.90 Å². The number of anilines is 1. The zero-order chi connectivity index (χ0) is 8.39. The summed E-state index contributed by atoms with van der Waals surface area (Å²) >= 11 is 0. The number of piperidine rings is 1. The number of hydrogen-bond donors (Lipinski definition) is 1. The molecule has 0 spiro atoms. The van der Waals surface area contributed by atoms with Crippen molar-refractivity contribution in [2.24, 2.45) is 0 Å². The van der Waals surface area contributed by atoms with E-state index in [4.69, 9.17) is 4.52 Å². The second-order valence-electron chi connectivity index (χ2n) is 2.90. The molecule has 1 saturated heterocycles. The first-order valence-corrected chi connectivity index (χ1v) is 3.99. The molecular formula is C7H10N3O2Rb. The Balaban J connectivity index is 0.000000845. The van der Waals surface area contributed by atoms with Crippen molar-refractivity contribution in [1.29, 1.82) is 0 Å². The average molecular weight is 254 g/mol. The molecule has 1 aliphatic heterocycles. The van der Waals surface area contributed by atoms with Gasteiger partial charge in [-0.3, -0.25) is 0 Å². The van der Waals surface area contributed by atoms with Crippen LogP contribution in [0.5, 0.6) is 0 Å². The minimum atomic E-state index is -0.173. The van der Waals surface area contributed by atoms with Gasteiger partial charge in [0.15, 0.2) is 6.01 Å². The number of hydrogen-bond acceptors (Lipinski definition) is 5. The molecule has 0 aromatic carbocycles. The largest absolute Gasteiger partial charge is 1.00 e. The van der Waals surface area contributed by atoms with Crippen molar-refractivity contribution in [1.82, 2.24) is 10.1 Å². The summed E-state index contributed by atoms with van der Waals surface area (Å²) in [5.41, 5.74) is 0. The number of aliphatic hydroxyl groups excluding tert-OH is 1. The van der Waals surface area contributed by atoms with Crippen molar-refractivity contribution in [3.8, 4) is 0 Å². The molecule has 5 nitrogen and oxygen atoms in total. The molecule has 66 valence electrons. The first kappa shape index (κ1) is 11.8. The van der Waals surface area contributed by atoms with E-state index in [9.17, 15) is 5.11 Å². The Kier molecular flexibility index (Phi) is 5.03. The number of rotatable bonds is 1. The third kappa shape index (κ3) is 3.09. The van der Waals surface area contributed by atoms with Crippen LogP contribution in [0.3, 0.4) is 0 Å². The van der Waals surface area contributed by atoms with Crippen molar-refractivity contribution in [3.63, 3.8) is 0 Å². The Labute approximate surface area is 125 Å². The van der Waals surface area contributed by atoms with Crippen molar-refractivity contribution in [2.75, 3.05) is 18.0 Å². The molecule has 0 saturated carbocycles. The SMILES string of the molecule is OC1CCN(c2n[c-]no2)CC1.[Rb+]. The maximum atomic E-state index is 9.22. The fourth-order valence-corrected chi connectivity index (χ4v) is 1.33. The Bertz CT molecular complexity index is 234. The van der Waals surface area contributed by atoms with Gasteiger partial charge in [0.25, 0.3) is 0 Å². The molecule has 0 unspecified atom stereocenters. The smallest absolute Gasteiger partial charge is 0.427 e. The van der Waals surface area contributed by atoms with Gasteiger partial charge in [0.05, 0.1) is 6.10 Å². The first-order valence-electron chi connectivity index (χ1n) is 3.99. The standard InChI is InChI=1S/C7H10N3O2.Rb/c11-6-1-3-10(4-2-6)7-8-5-9-12-7;/h6,11H,1-4H2;/q-1;+1. The van der Waals surface area contributed by atoms with Crippen molar-refractivity contribution < 1.29 is 67.8 Å². The van der Waals surface area contributed by atoms with E-state index < -0.39 is 0 Å². The van der Waals surface area contributed by atoms with Gasteiger partial charge in [-0.15, -0.1) is 0 Å². The average Bonchev–Trinajstić information content (AvgIpc) is 2.58. The predicted molar refractivity (Wildman–Crippen MR) is 40.6 cm³/mol. The van der Waals surface area contributed by atoms with Crippen molar-refractivity contribution >= 4 is 6.01 Å². The van der Waals surface area contributed by atoms with Crippen LogP contribution >= 0.6 is 0 Å². The summed E-state index contributed by atoms with van der Waals surface area (Å²) in [5.74, 6) is 0. The van der Waals surface area contributed by atoms with E-state index >= 15 is 0 Å². The molecule has 13 heavy (non-hydrogen) atoms. The number of nitrogens with zero attached hydrogens (tertiary/aromatic N) is 3. The molecule has 2 rings (SSSR count). The van der Waals surface area contributed by atoms with Gasteiger partial charge in [-0.05, 0) is 12.8 Å². The minimum absolute atomic E-state index is 0. The molecule has 1 N–H and O–H groups in total. The predicted octanol–water partition coefficient (Wildman–Crippen LogP) is -3.17. The van der Waals surface area contributed by atoms with Gasteiger partial charge < -0.3 is 19.5 Å². The van der Waals surface area contributed by atoms with Gasteiger partial charge >= 0.3 is 58.2 Å². The summed E-state index contributed by atoms with van der Waals surface area (Å²) in [6, 6.07) is 0.502. The molecule has 0 bridgehead atoms. The van der Waals surface area contributed by atoms with E-state index in [2.05, 4.69) is 16.5 Å². The second-order valence-corrected chi connectivity index (χ2v) is 2.90. The van der Waals surface area contributed by atoms with Gasteiger partial charge in [-0.1, -0.05) is 0 Å². The molecule has 2 heterocycles. The molecule has 1 aromatic heterocycles. The van der Waals surface area contributed by atoms with Gasteiger partial charge in [-0.25, -0.2) is 0 Å². The molecule has 0 radical (unpaired) electrons. The summed E-state index contributed by atoms with van der Waals surface area (Å²) in [7, 11) is 0. The summed E-state index contributed by atoms with van der Waals surface area (Å²) in [5, 5.41) is 12.6. The fraction of sp³-hybridized carbons (Fsp3) is 0.714. The molecule has 1 aromatic rings. The van der Waals surface area contributed by atoms with Crippen molar-refractivity contribution in [2.45, 2.75) is 18.9 Å². The normalized spacial score (nSPS) is 18.4.